The standard InChI is InChI=1S/C17H25F2NO/c1-20-16(11-13-9-14(18)12-15(19)10-13)17(21-2)7-5-3-4-6-8-17/h9-10,12,16,20H,3-8,11H2,1-2H3. The smallest absolute Gasteiger partial charge is 0.126 e. The van der Waals surface area contributed by atoms with Crippen LogP contribution in [-0.2, 0) is 11.2 Å². The Morgan fingerprint density at radius 1 is 1.10 bits per heavy atom. The molecule has 0 heterocycles. The SMILES string of the molecule is CNC(Cc1cc(F)cc(F)c1)C1(OC)CCCCCC1. The molecule has 118 valence electrons. The third-order valence-corrected chi connectivity index (χ3v) is 4.70. The minimum atomic E-state index is -0.521. The molecule has 1 aromatic carbocycles. The van der Waals surface area contributed by atoms with E-state index in [-0.39, 0.29) is 11.6 Å². The van der Waals surface area contributed by atoms with Crippen LogP contribution in [0.1, 0.15) is 44.1 Å². The van der Waals surface area contributed by atoms with Crippen LogP contribution in [0.5, 0.6) is 0 Å². The summed E-state index contributed by atoms with van der Waals surface area (Å²) >= 11 is 0. The van der Waals surface area contributed by atoms with Gasteiger partial charge in [-0.1, -0.05) is 25.7 Å². The maximum absolute atomic E-state index is 13.4. The van der Waals surface area contributed by atoms with E-state index in [9.17, 15) is 8.78 Å². The van der Waals surface area contributed by atoms with Crippen LogP contribution in [0.25, 0.3) is 0 Å². The normalized spacial score (nSPS) is 20.0. The van der Waals surface area contributed by atoms with Crippen molar-refractivity contribution in [1.29, 1.82) is 0 Å². The maximum Gasteiger partial charge on any atom is 0.126 e. The van der Waals surface area contributed by atoms with Gasteiger partial charge in [-0.05, 0) is 44.0 Å². The van der Waals surface area contributed by atoms with Gasteiger partial charge in [0.25, 0.3) is 0 Å². The lowest BCUT2D eigenvalue weighted by Crippen LogP contribution is -2.52. The van der Waals surface area contributed by atoms with Crippen molar-refractivity contribution in [3.63, 3.8) is 0 Å². The van der Waals surface area contributed by atoms with E-state index in [1.165, 1.54) is 25.0 Å². The molecule has 2 rings (SSSR count). The highest BCUT2D eigenvalue weighted by molar-refractivity contribution is 5.20. The molecular formula is C17H25F2NO. The maximum atomic E-state index is 13.4. The van der Waals surface area contributed by atoms with Crippen molar-refractivity contribution in [2.75, 3.05) is 14.2 Å². The molecule has 1 fully saturated rings. The molecule has 21 heavy (non-hydrogen) atoms. The molecule has 1 aromatic rings. The first-order valence-corrected chi connectivity index (χ1v) is 7.77. The lowest BCUT2D eigenvalue weighted by Gasteiger charge is -2.39. The second kappa shape index (κ2) is 7.32. The zero-order valence-corrected chi connectivity index (χ0v) is 12.9. The Labute approximate surface area is 125 Å². The van der Waals surface area contributed by atoms with Gasteiger partial charge < -0.3 is 10.1 Å². The average molecular weight is 297 g/mol. The molecule has 1 aliphatic rings. The van der Waals surface area contributed by atoms with Gasteiger partial charge in [0.15, 0.2) is 0 Å². The average Bonchev–Trinajstić information content (AvgIpc) is 2.70. The van der Waals surface area contributed by atoms with Gasteiger partial charge >= 0.3 is 0 Å². The van der Waals surface area contributed by atoms with Gasteiger partial charge in [-0.25, -0.2) is 8.78 Å². The van der Waals surface area contributed by atoms with E-state index in [1.54, 1.807) is 7.11 Å². The lowest BCUT2D eigenvalue weighted by atomic mass is 9.82. The number of halogens is 2. The monoisotopic (exact) mass is 297 g/mol. The fourth-order valence-corrected chi connectivity index (χ4v) is 3.54. The molecule has 2 nitrogen and oxygen atoms in total. The van der Waals surface area contributed by atoms with Gasteiger partial charge in [0.2, 0.25) is 0 Å². The third-order valence-electron chi connectivity index (χ3n) is 4.70. The molecule has 0 amide bonds. The van der Waals surface area contributed by atoms with Crippen LogP contribution in [0.2, 0.25) is 0 Å². The van der Waals surface area contributed by atoms with Gasteiger partial charge in [-0.3, -0.25) is 0 Å². The van der Waals surface area contributed by atoms with Crippen LogP contribution >= 0.6 is 0 Å². The van der Waals surface area contributed by atoms with Crippen molar-refractivity contribution < 1.29 is 13.5 Å². The van der Waals surface area contributed by atoms with Crippen LogP contribution in [-0.4, -0.2) is 25.8 Å². The van der Waals surface area contributed by atoms with Gasteiger partial charge in [0, 0.05) is 19.2 Å². The molecule has 1 unspecified atom stereocenters. The van der Waals surface area contributed by atoms with Gasteiger partial charge in [-0.15, -0.1) is 0 Å². The summed E-state index contributed by atoms with van der Waals surface area (Å²) < 4.78 is 32.6. The van der Waals surface area contributed by atoms with Crippen LogP contribution in [0.4, 0.5) is 8.78 Å². The zero-order chi connectivity index (χ0) is 15.3. The lowest BCUT2D eigenvalue weighted by molar-refractivity contribution is -0.0509. The fourth-order valence-electron chi connectivity index (χ4n) is 3.54. The molecule has 0 aliphatic heterocycles. The van der Waals surface area contributed by atoms with E-state index in [4.69, 9.17) is 4.74 Å². The molecule has 0 spiro atoms. The third kappa shape index (κ3) is 4.01. The zero-order valence-electron chi connectivity index (χ0n) is 12.9. The quantitative estimate of drug-likeness (QED) is 0.834. The van der Waals surface area contributed by atoms with E-state index in [0.29, 0.717) is 12.0 Å². The van der Waals surface area contributed by atoms with Gasteiger partial charge in [0.05, 0.1) is 5.60 Å². The van der Waals surface area contributed by atoms with Crippen LogP contribution in [0.15, 0.2) is 18.2 Å². The summed E-state index contributed by atoms with van der Waals surface area (Å²) in [5.74, 6) is -1.04. The Bertz CT molecular complexity index is 436. The summed E-state index contributed by atoms with van der Waals surface area (Å²) in [6.45, 7) is 0. The Morgan fingerprint density at radius 2 is 1.67 bits per heavy atom. The second-order valence-corrected chi connectivity index (χ2v) is 6.01. The summed E-state index contributed by atoms with van der Waals surface area (Å²) in [6.07, 6.45) is 7.30. The minimum Gasteiger partial charge on any atom is -0.377 e. The number of hydrogen-bond donors (Lipinski definition) is 1. The van der Waals surface area contributed by atoms with E-state index in [0.717, 1.165) is 31.7 Å². The van der Waals surface area contributed by atoms with Gasteiger partial charge in [-0.2, -0.15) is 0 Å². The van der Waals surface area contributed by atoms with Gasteiger partial charge in [0.1, 0.15) is 11.6 Å². The Kier molecular flexibility index (Phi) is 5.71. The molecule has 1 atom stereocenters. The van der Waals surface area contributed by atoms with Crippen LogP contribution in [0.3, 0.4) is 0 Å². The highest BCUT2D eigenvalue weighted by Crippen LogP contribution is 2.34. The number of ether oxygens (including phenoxy) is 1. The van der Waals surface area contributed by atoms with Crippen LogP contribution < -0.4 is 5.32 Å². The van der Waals surface area contributed by atoms with E-state index in [1.807, 2.05) is 7.05 Å². The molecule has 1 aliphatic carbocycles. The second-order valence-electron chi connectivity index (χ2n) is 6.01. The van der Waals surface area contributed by atoms with E-state index >= 15 is 0 Å². The minimum absolute atomic E-state index is 0.0572. The highest BCUT2D eigenvalue weighted by atomic mass is 19.1. The summed E-state index contributed by atoms with van der Waals surface area (Å²) in [5.41, 5.74) is 0.432. The largest absolute Gasteiger partial charge is 0.377 e. The summed E-state index contributed by atoms with van der Waals surface area (Å²) in [7, 11) is 3.65. The van der Waals surface area contributed by atoms with Crippen LogP contribution in [0, 0.1) is 11.6 Å². The number of hydrogen-bond acceptors (Lipinski definition) is 2. The van der Waals surface area contributed by atoms with Crippen molar-refractivity contribution >= 4 is 0 Å². The summed E-state index contributed by atoms with van der Waals surface area (Å²) in [5, 5.41) is 3.31. The molecule has 1 N–H and O–H groups in total. The fraction of sp³-hybridized carbons (Fsp3) is 0.647. The summed E-state index contributed by atoms with van der Waals surface area (Å²) in [6, 6.07) is 3.79. The predicted octanol–water partition coefficient (Wildman–Crippen LogP) is 3.83. The number of benzene rings is 1. The first-order chi connectivity index (χ1) is 10.1. The predicted molar refractivity (Wildman–Crippen MR) is 80.4 cm³/mol. The molecule has 0 radical (unpaired) electrons. The molecule has 4 heteroatoms. The van der Waals surface area contributed by atoms with Crippen molar-refractivity contribution in [3.8, 4) is 0 Å². The Hall–Kier alpha value is -1.00. The van der Waals surface area contributed by atoms with E-state index < -0.39 is 11.6 Å². The van der Waals surface area contributed by atoms with Crippen molar-refractivity contribution in [1.82, 2.24) is 5.32 Å². The number of methoxy groups -OCH3 is 1. The molecule has 0 saturated heterocycles. The first-order valence-electron chi connectivity index (χ1n) is 7.77. The Balaban J connectivity index is 2.20. The molecule has 0 bridgehead atoms. The molecule has 0 aromatic heterocycles. The van der Waals surface area contributed by atoms with Crippen molar-refractivity contribution in [2.24, 2.45) is 0 Å². The number of likely N-dealkylation sites (N-methyl/N-ethyl adjacent to an activating group) is 1. The highest BCUT2D eigenvalue weighted by Gasteiger charge is 2.38. The van der Waals surface area contributed by atoms with Crippen molar-refractivity contribution in [2.45, 2.75) is 56.6 Å². The first kappa shape index (κ1) is 16.4. The van der Waals surface area contributed by atoms with E-state index in [2.05, 4.69) is 5.32 Å². The number of nitrogens with one attached hydrogen (secondary N) is 1. The Morgan fingerprint density at radius 3 is 2.14 bits per heavy atom. The summed E-state index contributed by atoms with van der Waals surface area (Å²) in [4.78, 5) is 0. The van der Waals surface area contributed by atoms with Crippen molar-refractivity contribution in [3.05, 3.63) is 35.4 Å². The molecule has 1 saturated carbocycles. The topological polar surface area (TPSA) is 21.3 Å². The molecular weight excluding hydrogens is 272 g/mol. The number of rotatable bonds is 5.